The van der Waals surface area contributed by atoms with Crippen molar-refractivity contribution in [3.8, 4) is 0 Å². The summed E-state index contributed by atoms with van der Waals surface area (Å²) in [6.45, 7) is 4.40. The fourth-order valence-corrected chi connectivity index (χ4v) is 1.64. The third kappa shape index (κ3) is 2.73. The van der Waals surface area contributed by atoms with Gasteiger partial charge in [0.25, 0.3) is 0 Å². The molecular formula is C10H17NO3. The van der Waals surface area contributed by atoms with Crippen molar-refractivity contribution in [3.63, 3.8) is 0 Å². The van der Waals surface area contributed by atoms with Crippen LogP contribution in [-0.2, 0) is 4.74 Å². The van der Waals surface area contributed by atoms with Gasteiger partial charge in [-0.15, -0.1) is 0 Å². The van der Waals surface area contributed by atoms with E-state index >= 15 is 0 Å². The Morgan fingerprint density at radius 3 is 3.07 bits per heavy atom. The molecule has 0 aromatic rings. The van der Waals surface area contributed by atoms with Gasteiger partial charge in [0.1, 0.15) is 6.61 Å². The number of likely N-dealkylation sites (tertiary alicyclic amines) is 1. The van der Waals surface area contributed by atoms with Crippen molar-refractivity contribution in [2.75, 3.05) is 19.8 Å². The topological polar surface area (TPSA) is 49.8 Å². The number of carbonyl (C=O) groups is 1. The molecular weight excluding hydrogens is 182 g/mol. The largest absolute Gasteiger partial charge is 0.445 e. The summed E-state index contributed by atoms with van der Waals surface area (Å²) in [6, 6.07) is -0.0685. The Hall–Kier alpha value is -1.03. The quantitative estimate of drug-likeness (QED) is 0.694. The van der Waals surface area contributed by atoms with Gasteiger partial charge in [-0.1, -0.05) is 12.7 Å². The fourth-order valence-electron chi connectivity index (χ4n) is 1.64. The number of nitrogens with zero attached hydrogens (tertiary/aromatic N) is 1. The van der Waals surface area contributed by atoms with Gasteiger partial charge in [0.15, 0.2) is 0 Å². The van der Waals surface area contributed by atoms with Gasteiger partial charge in [-0.25, -0.2) is 4.79 Å². The lowest BCUT2D eigenvalue weighted by molar-refractivity contribution is 0.0596. The van der Waals surface area contributed by atoms with Crippen molar-refractivity contribution in [1.82, 2.24) is 4.90 Å². The normalized spacial score (nSPS) is 21.8. The molecule has 4 nitrogen and oxygen atoms in total. The number of ether oxygens (including phenoxy) is 1. The van der Waals surface area contributed by atoms with Gasteiger partial charge in [-0.05, 0) is 19.3 Å². The Bertz CT molecular complexity index is 206. The molecule has 0 aromatic heterocycles. The molecule has 1 aliphatic rings. The second-order valence-electron chi connectivity index (χ2n) is 3.39. The first-order valence-corrected chi connectivity index (χ1v) is 4.94. The number of amides is 1. The van der Waals surface area contributed by atoms with Gasteiger partial charge in [-0.2, -0.15) is 0 Å². The van der Waals surface area contributed by atoms with Crippen LogP contribution in [0.5, 0.6) is 0 Å². The van der Waals surface area contributed by atoms with Crippen LogP contribution < -0.4 is 0 Å². The van der Waals surface area contributed by atoms with E-state index in [1.165, 1.54) is 6.08 Å². The van der Waals surface area contributed by atoms with E-state index in [-0.39, 0.29) is 25.3 Å². The number of aliphatic hydroxyl groups excluding tert-OH is 1. The zero-order valence-corrected chi connectivity index (χ0v) is 8.32. The monoisotopic (exact) mass is 199 g/mol. The van der Waals surface area contributed by atoms with Crippen molar-refractivity contribution >= 4 is 6.09 Å². The third-order valence-corrected chi connectivity index (χ3v) is 2.40. The van der Waals surface area contributed by atoms with Crippen molar-refractivity contribution in [2.45, 2.75) is 25.3 Å². The van der Waals surface area contributed by atoms with E-state index in [0.717, 1.165) is 19.3 Å². The Balaban J connectivity index is 2.45. The lowest BCUT2D eigenvalue weighted by Crippen LogP contribution is -2.45. The van der Waals surface area contributed by atoms with Gasteiger partial charge in [0, 0.05) is 6.54 Å². The predicted octanol–water partition coefficient (Wildman–Crippen LogP) is 1.16. The molecule has 0 radical (unpaired) electrons. The number of rotatable bonds is 3. The average molecular weight is 199 g/mol. The van der Waals surface area contributed by atoms with Gasteiger partial charge in [0.05, 0.1) is 12.6 Å². The molecule has 0 aromatic carbocycles. The van der Waals surface area contributed by atoms with Crippen LogP contribution in [-0.4, -0.2) is 41.9 Å². The minimum absolute atomic E-state index is 0.0171. The molecule has 1 N–H and O–H groups in total. The summed E-state index contributed by atoms with van der Waals surface area (Å²) in [7, 11) is 0. The molecule has 1 unspecified atom stereocenters. The first-order chi connectivity index (χ1) is 6.79. The molecule has 0 aliphatic carbocycles. The molecule has 1 fully saturated rings. The van der Waals surface area contributed by atoms with Crippen LogP contribution in [0.3, 0.4) is 0 Å². The summed E-state index contributed by atoms with van der Waals surface area (Å²) < 4.78 is 4.92. The molecule has 0 spiro atoms. The molecule has 1 heterocycles. The lowest BCUT2D eigenvalue weighted by Gasteiger charge is -2.33. The van der Waals surface area contributed by atoms with Gasteiger partial charge >= 0.3 is 6.09 Å². The van der Waals surface area contributed by atoms with E-state index in [1.54, 1.807) is 4.90 Å². The summed E-state index contributed by atoms with van der Waals surface area (Å²) in [5, 5.41) is 9.07. The highest BCUT2D eigenvalue weighted by atomic mass is 16.6. The molecule has 0 saturated carbocycles. The zero-order valence-electron chi connectivity index (χ0n) is 8.32. The smallest absolute Gasteiger partial charge is 0.410 e. The molecule has 1 saturated heterocycles. The zero-order chi connectivity index (χ0) is 10.4. The van der Waals surface area contributed by atoms with E-state index < -0.39 is 0 Å². The van der Waals surface area contributed by atoms with Crippen LogP contribution >= 0.6 is 0 Å². The van der Waals surface area contributed by atoms with Gasteiger partial charge < -0.3 is 14.7 Å². The molecule has 1 rings (SSSR count). The molecule has 80 valence electrons. The van der Waals surface area contributed by atoms with Crippen LogP contribution in [0.4, 0.5) is 4.79 Å². The third-order valence-electron chi connectivity index (χ3n) is 2.40. The number of aliphatic hydroxyl groups is 1. The second kappa shape index (κ2) is 5.65. The number of carbonyl (C=O) groups excluding carboxylic acids is 1. The van der Waals surface area contributed by atoms with Crippen LogP contribution in [0, 0.1) is 0 Å². The minimum atomic E-state index is -0.344. The van der Waals surface area contributed by atoms with E-state index in [9.17, 15) is 4.79 Å². The number of hydrogen-bond acceptors (Lipinski definition) is 3. The van der Waals surface area contributed by atoms with E-state index in [4.69, 9.17) is 9.84 Å². The van der Waals surface area contributed by atoms with E-state index in [0.29, 0.717) is 6.54 Å². The highest BCUT2D eigenvalue weighted by Crippen LogP contribution is 2.17. The van der Waals surface area contributed by atoms with Crippen molar-refractivity contribution in [1.29, 1.82) is 0 Å². The number of hydrogen-bond donors (Lipinski definition) is 1. The van der Waals surface area contributed by atoms with Crippen LogP contribution in [0.2, 0.25) is 0 Å². The van der Waals surface area contributed by atoms with Gasteiger partial charge in [0.2, 0.25) is 0 Å². The van der Waals surface area contributed by atoms with Gasteiger partial charge in [-0.3, -0.25) is 0 Å². The molecule has 1 aliphatic heterocycles. The van der Waals surface area contributed by atoms with Crippen LogP contribution in [0.1, 0.15) is 19.3 Å². The lowest BCUT2D eigenvalue weighted by atomic mass is 10.0. The van der Waals surface area contributed by atoms with Crippen LogP contribution in [0.25, 0.3) is 0 Å². The Morgan fingerprint density at radius 1 is 1.64 bits per heavy atom. The van der Waals surface area contributed by atoms with Crippen molar-refractivity contribution in [2.24, 2.45) is 0 Å². The Morgan fingerprint density at radius 2 is 2.43 bits per heavy atom. The summed E-state index contributed by atoms with van der Waals surface area (Å²) in [5.41, 5.74) is 0. The molecule has 4 heteroatoms. The Kier molecular flexibility index (Phi) is 4.46. The predicted molar refractivity (Wildman–Crippen MR) is 53.0 cm³/mol. The first-order valence-electron chi connectivity index (χ1n) is 4.94. The summed E-state index contributed by atoms with van der Waals surface area (Å²) in [5.74, 6) is 0. The van der Waals surface area contributed by atoms with Crippen molar-refractivity contribution in [3.05, 3.63) is 12.7 Å². The average Bonchev–Trinajstić information content (AvgIpc) is 2.25. The Labute approximate surface area is 84.2 Å². The molecule has 1 amide bonds. The van der Waals surface area contributed by atoms with Crippen molar-refractivity contribution < 1.29 is 14.6 Å². The van der Waals surface area contributed by atoms with E-state index in [2.05, 4.69) is 6.58 Å². The van der Waals surface area contributed by atoms with E-state index in [1.807, 2.05) is 0 Å². The summed E-state index contributed by atoms with van der Waals surface area (Å²) >= 11 is 0. The summed E-state index contributed by atoms with van der Waals surface area (Å²) in [6.07, 6.45) is 4.11. The SMILES string of the molecule is C=CCOC(=O)N1CCCCC1CO. The molecule has 1 atom stereocenters. The summed E-state index contributed by atoms with van der Waals surface area (Å²) in [4.78, 5) is 13.1. The fraction of sp³-hybridized carbons (Fsp3) is 0.700. The second-order valence-corrected chi connectivity index (χ2v) is 3.39. The first kappa shape index (κ1) is 11.0. The maximum Gasteiger partial charge on any atom is 0.410 e. The molecule has 14 heavy (non-hydrogen) atoms. The highest BCUT2D eigenvalue weighted by Gasteiger charge is 2.26. The molecule has 0 bridgehead atoms. The number of piperidine rings is 1. The standard InChI is InChI=1S/C10H17NO3/c1-2-7-14-10(13)11-6-4-3-5-9(11)8-12/h2,9,12H,1,3-8H2. The maximum atomic E-state index is 11.5. The highest BCUT2D eigenvalue weighted by molar-refractivity contribution is 5.68. The maximum absolute atomic E-state index is 11.5. The van der Waals surface area contributed by atoms with Crippen LogP contribution in [0.15, 0.2) is 12.7 Å². The minimum Gasteiger partial charge on any atom is -0.445 e.